The van der Waals surface area contributed by atoms with Gasteiger partial charge < -0.3 is 10.6 Å². The third kappa shape index (κ3) is 6.04. The summed E-state index contributed by atoms with van der Waals surface area (Å²) in [7, 11) is 0. The molecule has 0 aliphatic carbocycles. The van der Waals surface area contributed by atoms with Crippen molar-refractivity contribution in [1.29, 1.82) is 0 Å². The first-order valence-electron chi connectivity index (χ1n) is 7.32. The monoisotopic (exact) mass is 277 g/mol. The molecule has 0 spiro atoms. The summed E-state index contributed by atoms with van der Waals surface area (Å²) < 4.78 is 0. The van der Waals surface area contributed by atoms with Gasteiger partial charge >= 0.3 is 0 Å². The summed E-state index contributed by atoms with van der Waals surface area (Å²) >= 11 is 0. The van der Waals surface area contributed by atoms with Gasteiger partial charge in [-0.15, -0.1) is 0 Å². The Bertz CT molecular complexity index is 450. The summed E-state index contributed by atoms with van der Waals surface area (Å²) in [6, 6.07) is 3.64. The normalized spacial score (nSPS) is 11.2. The summed E-state index contributed by atoms with van der Waals surface area (Å²) in [5, 5.41) is 6.19. The van der Waals surface area contributed by atoms with Gasteiger partial charge in [-0.1, -0.05) is 27.7 Å². The average molecular weight is 277 g/mol. The lowest BCUT2D eigenvalue weighted by Gasteiger charge is -2.18. The first-order valence-corrected chi connectivity index (χ1v) is 7.32. The number of anilines is 1. The van der Waals surface area contributed by atoms with E-state index < -0.39 is 0 Å². The Morgan fingerprint density at radius 1 is 1.25 bits per heavy atom. The van der Waals surface area contributed by atoms with Gasteiger partial charge in [0.25, 0.3) is 5.91 Å². The van der Waals surface area contributed by atoms with Crippen molar-refractivity contribution in [2.45, 2.75) is 47.5 Å². The number of rotatable bonds is 6. The van der Waals surface area contributed by atoms with Crippen LogP contribution >= 0.6 is 0 Å². The third-order valence-corrected chi connectivity index (χ3v) is 2.93. The number of carbonyl (C=O) groups excluding carboxylic acids is 1. The number of carbonyl (C=O) groups is 1. The van der Waals surface area contributed by atoms with Crippen molar-refractivity contribution in [2.24, 2.45) is 5.41 Å². The molecule has 112 valence electrons. The zero-order chi connectivity index (χ0) is 15.2. The molecule has 0 aliphatic heterocycles. The summed E-state index contributed by atoms with van der Waals surface area (Å²) in [5.74, 6) is 0.743. The first-order chi connectivity index (χ1) is 9.31. The smallest absolute Gasteiger partial charge is 0.251 e. The highest BCUT2D eigenvalue weighted by Crippen LogP contribution is 2.17. The zero-order valence-electron chi connectivity index (χ0n) is 13.3. The Morgan fingerprint density at radius 3 is 2.55 bits per heavy atom. The lowest BCUT2D eigenvalue weighted by molar-refractivity contribution is 0.0949. The topological polar surface area (TPSA) is 54.0 Å². The summed E-state index contributed by atoms with van der Waals surface area (Å²) in [6.07, 6.45) is 1.99. The van der Waals surface area contributed by atoms with Crippen molar-refractivity contribution < 1.29 is 4.79 Å². The maximum atomic E-state index is 12.1. The van der Waals surface area contributed by atoms with Crippen LogP contribution in [-0.2, 0) is 0 Å². The van der Waals surface area contributed by atoms with Gasteiger partial charge in [0.2, 0.25) is 0 Å². The number of pyridine rings is 1. The van der Waals surface area contributed by atoms with Gasteiger partial charge in [-0.05, 0) is 37.3 Å². The van der Waals surface area contributed by atoms with Crippen molar-refractivity contribution in [3.63, 3.8) is 0 Å². The number of aryl methyl sites for hydroxylation is 1. The molecule has 0 aromatic carbocycles. The van der Waals surface area contributed by atoms with Gasteiger partial charge in [0.15, 0.2) is 0 Å². The highest BCUT2D eigenvalue weighted by molar-refractivity contribution is 5.94. The molecule has 4 nitrogen and oxygen atoms in total. The highest BCUT2D eigenvalue weighted by atomic mass is 16.1. The molecule has 0 saturated heterocycles. The molecule has 4 heteroatoms. The van der Waals surface area contributed by atoms with Crippen LogP contribution < -0.4 is 10.6 Å². The van der Waals surface area contributed by atoms with Gasteiger partial charge in [0.05, 0.1) is 0 Å². The van der Waals surface area contributed by atoms with Crippen LogP contribution in [-0.4, -0.2) is 24.0 Å². The zero-order valence-corrected chi connectivity index (χ0v) is 13.3. The van der Waals surface area contributed by atoms with E-state index in [2.05, 4.69) is 43.3 Å². The largest absolute Gasteiger partial charge is 0.370 e. The van der Waals surface area contributed by atoms with Crippen LogP contribution in [0.3, 0.4) is 0 Å². The Hall–Kier alpha value is -1.58. The van der Waals surface area contributed by atoms with Crippen molar-refractivity contribution in [3.05, 3.63) is 23.4 Å². The Kier molecular flexibility index (Phi) is 5.99. The molecule has 1 rings (SSSR count). The van der Waals surface area contributed by atoms with E-state index in [0.29, 0.717) is 12.1 Å². The van der Waals surface area contributed by atoms with Gasteiger partial charge in [-0.3, -0.25) is 4.79 Å². The fraction of sp³-hybridized carbons (Fsp3) is 0.625. The number of hydrogen-bond acceptors (Lipinski definition) is 3. The Labute approximate surface area is 122 Å². The summed E-state index contributed by atoms with van der Waals surface area (Å²) in [5.41, 5.74) is 1.76. The second-order valence-electron chi connectivity index (χ2n) is 6.38. The van der Waals surface area contributed by atoms with Crippen LogP contribution in [0.25, 0.3) is 0 Å². The van der Waals surface area contributed by atoms with E-state index >= 15 is 0 Å². The lowest BCUT2D eigenvalue weighted by atomic mass is 9.92. The quantitative estimate of drug-likeness (QED) is 0.838. The van der Waals surface area contributed by atoms with Gasteiger partial charge in [0, 0.05) is 24.3 Å². The molecule has 20 heavy (non-hydrogen) atoms. The van der Waals surface area contributed by atoms with Crippen molar-refractivity contribution >= 4 is 11.7 Å². The fourth-order valence-corrected chi connectivity index (χ4v) is 1.80. The molecule has 2 N–H and O–H groups in total. The van der Waals surface area contributed by atoms with Gasteiger partial charge in [-0.2, -0.15) is 0 Å². The van der Waals surface area contributed by atoms with Crippen LogP contribution in [0.2, 0.25) is 0 Å². The van der Waals surface area contributed by atoms with E-state index in [-0.39, 0.29) is 11.3 Å². The standard InChI is InChI=1S/C16H27N3O/c1-6-8-17-14-11-13(10-12(2)19-14)15(20)18-9-7-16(3,4)5/h10-11H,6-9H2,1-5H3,(H,17,19)(H,18,20). The molecular weight excluding hydrogens is 250 g/mol. The lowest BCUT2D eigenvalue weighted by Crippen LogP contribution is -2.27. The van der Waals surface area contributed by atoms with Crippen LogP contribution in [0.15, 0.2) is 12.1 Å². The second-order valence-corrected chi connectivity index (χ2v) is 6.38. The minimum absolute atomic E-state index is 0.0284. The van der Waals surface area contributed by atoms with Crippen LogP contribution in [0, 0.1) is 12.3 Å². The molecular formula is C16H27N3O. The molecule has 1 aromatic heterocycles. The van der Waals surface area contributed by atoms with Crippen LogP contribution in [0.4, 0.5) is 5.82 Å². The SMILES string of the molecule is CCCNc1cc(C(=O)NCCC(C)(C)C)cc(C)n1. The number of hydrogen-bond donors (Lipinski definition) is 2. The summed E-state index contributed by atoms with van der Waals surface area (Å²) in [4.78, 5) is 16.5. The van der Waals surface area contributed by atoms with E-state index in [1.807, 2.05) is 19.1 Å². The molecule has 0 aliphatic rings. The molecule has 1 amide bonds. The molecule has 0 radical (unpaired) electrons. The van der Waals surface area contributed by atoms with E-state index in [9.17, 15) is 4.79 Å². The predicted octanol–water partition coefficient (Wildman–Crippen LogP) is 3.38. The minimum atomic E-state index is -0.0284. The van der Waals surface area contributed by atoms with Gasteiger partial charge in [-0.25, -0.2) is 4.98 Å². The highest BCUT2D eigenvalue weighted by Gasteiger charge is 2.12. The molecule has 0 fully saturated rings. The second kappa shape index (κ2) is 7.27. The van der Waals surface area contributed by atoms with E-state index in [0.717, 1.165) is 30.9 Å². The molecule has 0 saturated carbocycles. The molecule has 1 heterocycles. The number of nitrogens with one attached hydrogen (secondary N) is 2. The summed E-state index contributed by atoms with van der Waals surface area (Å²) in [6.45, 7) is 12.1. The maximum Gasteiger partial charge on any atom is 0.251 e. The van der Waals surface area contributed by atoms with Crippen molar-refractivity contribution in [1.82, 2.24) is 10.3 Å². The van der Waals surface area contributed by atoms with E-state index in [1.54, 1.807) is 0 Å². The molecule has 0 unspecified atom stereocenters. The number of nitrogens with zero attached hydrogens (tertiary/aromatic N) is 1. The minimum Gasteiger partial charge on any atom is -0.370 e. The molecule has 1 aromatic rings. The number of amides is 1. The van der Waals surface area contributed by atoms with E-state index in [1.165, 1.54) is 0 Å². The molecule has 0 bridgehead atoms. The first kappa shape index (κ1) is 16.5. The van der Waals surface area contributed by atoms with Crippen molar-refractivity contribution in [2.75, 3.05) is 18.4 Å². The Balaban J connectivity index is 2.65. The maximum absolute atomic E-state index is 12.1. The van der Waals surface area contributed by atoms with Crippen LogP contribution in [0.1, 0.15) is 56.6 Å². The third-order valence-electron chi connectivity index (χ3n) is 2.93. The van der Waals surface area contributed by atoms with E-state index in [4.69, 9.17) is 0 Å². The fourth-order valence-electron chi connectivity index (χ4n) is 1.80. The number of aromatic nitrogens is 1. The van der Waals surface area contributed by atoms with Gasteiger partial charge in [0.1, 0.15) is 5.82 Å². The average Bonchev–Trinajstić information content (AvgIpc) is 2.34. The Morgan fingerprint density at radius 2 is 1.95 bits per heavy atom. The van der Waals surface area contributed by atoms with Crippen LogP contribution in [0.5, 0.6) is 0 Å². The van der Waals surface area contributed by atoms with Crippen molar-refractivity contribution in [3.8, 4) is 0 Å². The molecule has 0 atom stereocenters. The predicted molar refractivity (Wildman–Crippen MR) is 84.2 cm³/mol.